The molecule has 0 aliphatic heterocycles. The Morgan fingerprint density at radius 3 is 1.31 bits per heavy atom. The summed E-state index contributed by atoms with van der Waals surface area (Å²) in [6.07, 6.45) is 11.7. The first-order valence-corrected chi connectivity index (χ1v) is 2.71. The van der Waals surface area contributed by atoms with E-state index in [9.17, 15) is 0 Å². The Balaban J connectivity index is -0.000000125. The maximum absolute atomic E-state index is 3.54. The average molecular weight is 253 g/mol. The summed E-state index contributed by atoms with van der Waals surface area (Å²) < 4.78 is 0. The second-order valence-electron chi connectivity index (χ2n) is 1.40. The van der Waals surface area contributed by atoms with E-state index in [1.165, 1.54) is 0 Å². The van der Waals surface area contributed by atoms with Gasteiger partial charge in [-0.3, -0.25) is 0 Å². The van der Waals surface area contributed by atoms with E-state index in [-0.39, 0.29) is 46.5 Å². The molecule has 2 aromatic rings. The molecule has 2 heterocycles. The Hall–Kier alpha value is -0.286. The summed E-state index contributed by atoms with van der Waals surface area (Å²) >= 11 is 0. The van der Waals surface area contributed by atoms with Crippen molar-refractivity contribution in [1.29, 1.82) is 0 Å². The Morgan fingerprint density at radius 1 is 0.846 bits per heavy atom. The van der Waals surface area contributed by atoms with E-state index in [0.29, 0.717) is 0 Å². The molecular weight excluding hydrogens is 247 g/mol. The van der Waals surface area contributed by atoms with Crippen molar-refractivity contribution in [3.05, 3.63) is 37.4 Å². The minimum absolute atomic E-state index is 0. The number of hydrogen-bond donors (Lipinski definition) is 2. The van der Waals surface area contributed by atoms with Crippen molar-refractivity contribution in [2.45, 2.75) is 0 Å². The van der Waals surface area contributed by atoms with Gasteiger partial charge in [-0.1, -0.05) is 0 Å². The predicted molar refractivity (Wildman–Crippen MR) is 34.8 cm³/mol. The van der Waals surface area contributed by atoms with Gasteiger partial charge in [0, 0.05) is 0 Å². The van der Waals surface area contributed by atoms with E-state index >= 15 is 0 Å². The number of aromatic amines is 2. The van der Waals surface area contributed by atoms with Crippen molar-refractivity contribution >= 4 is 0 Å². The van der Waals surface area contributed by atoms with Crippen LogP contribution in [0.25, 0.3) is 0 Å². The molecule has 0 aromatic carbocycles. The van der Waals surface area contributed by atoms with E-state index in [2.05, 4.69) is 32.6 Å². The van der Waals surface area contributed by atoms with E-state index in [0.717, 1.165) is 0 Å². The third kappa shape index (κ3) is 11.7. The van der Waals surface area contributed by atoms with Crippen LogP contribution in [0.2, 0.25) is 0 Å². The van der Waals surface area contributed by atoms with E-state index in [1.54, 1.807) is 24.8 Å². The molecule has 7 heteroatoms. The zero-order valence-electron chi connectivity index (χ0n) is 6.46. The molecule has 0 unspecified atom stereocenters. The molecular formula is C6H6Cl2N4Ti. The van der Waals surface area contributed by atoms with Gasteiger partial charge < -0.3 is 44.7 Å². The van der Waals surface area contributed by atoms with Gasteiger partial charge in [0.2, 0.25) is 0 Å². The van der Waals surface area contributed by atoms with Gasteiger partial charge in [0.15, 0.2) is 0 Å². The summed E-state index contributed by atoms with van der Waals surface area (Å²) in [7, 11) is 0. The quantitative estimate of drug-likeness (QED) is 0.363. The number of imidazole rings is 2. The molecule has 13 heavy (non-hydrogen) atoms. The fourth-order valence-corrected chi connectivity index (χ4v) is 0.373. The number of nitrogens with zero attached hydrogens (tertiary/aromatic N) is 2. The molecule has 0 spiro atoms. The molecule has 0 bridgehead atoms. The first kappa shape index (κ1) is 18.5. The van der Waals surface area contributed by atoms with Crippen LogP contribution in [0.1, 0.15) is 0 Å². The van der Waals surface area contributed by atoms with Crippen LogP contribution in [-0.2, 0) is 21.7 Å². The smallest absolute Gasteiger partial charge is 1.00 e. The number of halogens is 2. The predicted octanol–water partition coefficient (Wildman–Crippen LogP) is -5.57. The maximum atomic E-state index is 3.54. The first-order valence-electron chi connectivity index (χ1n) is 2.71. The van der Waals surface area contributed by atoms with Crippen molar-refractivity contribution in [2.75, 3.05) is 0 Å². The zero-order chi connectivity index (χ0) is 7.07. The molecule has 0 aliphatic carbocycles. The van der Waals surface area contributed by atoms with Crippen LogP contribution in [0, 0.1) is 12.7 Å². The van der Waals surface area contributed by atoms with Crippen molar-refractivity contribution in [2.24, 2.45) is 0 Å². The van der Waals surface area contributed by atoms with Gasteiger partial charge >= 0.3 is 21.7 Å². The SMILES string of the molecule is [Cl-].[Cl-].[Ti+4].[c-]1ncc[nH]1.[c-]1ncc[nH]1. The van der Waals surface area contributed by atoms with Crippen LogP contribution < -0.4 is 24.8 Å². The van der Waals surface area contributed by atoms with Crippen LogP contribution >= 0.6 is 0 Å². The second-order valence-corrected chi connectivity index (χ2v) is 1.40. The van der Waals surface area contributed by atoms with Crippen molar-refractivity contribution < 1.29 is 46.5 Å². The number of aromatic nitrogens is 4. The average Bonchev–Trinajstić information content (AvgIpc) is 2.67. The van der Waals surface area contributed by atoms with Gasteiger partial charge in [0.1, 0.15) is 0 Å². The van der Waals surface area contributed by atoms with Crippen LogP contribution in [0.5, 0.6) is 0 Å². The molecule has 0 radical (unpaired) electrons. The molecule has 0 atom stereocenters. The van der Waals surface area contributed by atoms with Gasteiger partial charge in [-0.25, -0.2) is 0 Å². The second kappa shape index (κ2) is 14.3. The Kier molecular flexibility index (Phi) is 20.3. The summed E-state index contributed by atoms with van der Waals surface area (Å²) in [5.74, 6) is 0. The molecule has 0 saturated heterocycles. The van der Waals surface area contributed by atoms with Gasteiger partial charge in [-0.05, 0) is 12.7 Å². The molecule has 2 N–H and O–H groups in total. The number of rotatable bonds is 0. The minimum Gasteiger partial charge on any atom is -1.00 e. The first-order chi connectivity index (χ1) is 5.00. The summed E-state index contributed by atoms with van der Waals surface area (Å²) in [4.78, 5) is 12.3. The molecule has 68 valence electrons. The Bertz CT molecular complexity index is 162. The monoisotopic (exact) mass is 252 g/mol. The normalized spacial score (nSPS) is 6.15. The van der Waals surface area contributed by atoms with E-state index in [1.807, 2.05) is 0 Å². The van der Waals surface area contributed by atoms with Gasteiger partial charge in [0.05, 0.1) is 0 Å². The zero-order valence-corrected chi connectivity index (χ0v) is 9.53. The van der Waals surface area contributed by atoms with Crippen molar-refractivity contribution in [3.63, 3.8) is 0 Å². The molecule has 2 aromatic heterocycles. The fraction of sp³-hybridized carbons (Fsp3) is 0. The van der Waals surface area contributed by atoms with Gasteiger partial charge in [0.25, 0.3) is 0 Å². The fourth-order valence-electron chi connectivity index (χ4n) is 0.373. The summed E-state index contributed by atoms with van der Waals surface area (Å²) in [6, 6.07) is 0. The summed E-state index contributed by atoms with van der Waals surface area (Å²) in [6.45, 7) is 0. The van der Waals surface area contributed by atoms with Gasteiger partial charge in [-0.15, -0.1) is 24.8 Å². The standard InChI is InChI=1S/2C3H3N2.2ClH.Ti/c2*1-2-5-3-4-1;;;/h2*1-2H,(H,4,5);2*1H;/q2*-1;;;+4/p-2. The minimum atomic E-state index is 0. The Labute approximate surface area is 104 Å². The molecule has 0 fully saturated rings. The molecule has 0 saturated carbocycles. The summed E-state index contributed by atoms with van der Waals surface area (Å²) in [5, 5.41) is 0. The third-order valence-corrected chi connectivity index (χ3v) is 0.723. The van der Waals surface area contributed by atoms with Crippen molar-refractivity contribution in [1.82, 2.24) is 19.9 Å². The van der Waals surface area contributed by atoms with E-state index in [4.69, 9.17) is 0 Å². The van der Waals surface area contributed by atoms with E-state index < -0.39 is 0 Å². The van der Waals surface area contributed by atoms with Crippen LogP contribution in [0.4, 0.5) is 0 Å². The third-order valence-electron chi connectivity index (χ3n) is 0.723. The summed E-state index contributed by atoms with van der Waals surface area (Å²) in [5.41, 5.74) is 0. The maximum Gasteiger partial charge on any atom is 4.00 e. The van der Waals surface area contributed by atoms with Gasteiger partial charge in [-0.2, -0.15) is 0 Å². The molecule has 2 rings (SSSR count). The number of H-pyrrole nitrogens is 2. The van der Waals surface area contributed by atoms with Crippen LogP contribution in [-0.4, -0.2) is 19.9 Å². The largest absolute Gasteiger partial charge is 4.00 e. The Morgan fingerprint density at radius 2 is 1.23 bits per heavy atom. The topological polar surface area (TPSA) is 57.4 Å². The van der Waals surface area contributed by atoms with Crippen molar-refractivity contribution in [3.8, 4) is 0 Å². The molecule has 4 nitrogen and oxygen atoms in total. The van der Waals surface area contributed by atoms with Crippen LogP contribution in [0.3, 0.4) is 0 Å². The molecule has 0 aliphatic rings. The number of nitrogens with one attached hydrogen (secondary N) is 2. The number of hydrogen-bond acceptors (Lipinski definition) is 2. The molecule has 0 amide bonds. The van der Waals surface area contributed by atoms with Crippen LogP contribution in [0.15, 0.2) is 24.8 Å².